The molecular formula is C10H20BrNO. The van der Waals surface area contributed by atoms with Crippen LogP contribution in [-0.2, 0) is 4.74 Å². The second-order valence-electron chi connectivity index (χ2n) is 3.73. The summed E-state index contributed by atoms with van der Waals surface area (Å²) in [5.41, 5.74) is 0. The molecule has 0 aromatic rings. The van der Waals surface area contributed by atoms with E-state index in [-0.39, 0.29) is 0 Å². The van der Waals surface area contributed by atoms with Crippen LogP contribution in [0.15, 0.2) is 0 Å². The maximum absolute atomic E-state index is 5.59. The zero-order valence-electron chi connectivity index (χ0n) is 8.47. The number of halogens is 1. The molecule has 1 aliphatic heterocycles. The summed E-state index contributed by atoms with van der Waals surface area (Å²) >= 11 is 3.46. The van der Waals surface area contributed by atoms with Gasteiger partial charge in [-0.2, -0.15) is 0 Å². The monoisotopic (exact) mass is 249 g/mol. The van der Waals surface area contributed by atoms with E-state index in [0.29, 0.717) is 6.10 Å². The first kappa shape index (κ1) is 11.5. The van der Waals surface area contributed by atoms with Gasteiger partial charge in [0.15, 0.2) is 0 Å². The van der Waals surface area contributed by atoms with Crippen molar-refractivity contribution in [1.82, 2.24) is 4.90 Å². The lowest BCUT2D eigenvalue weighted by molar-refractivity contribution is 0.0676. The Morgan fingerprint density at radius 1 is 1.46 bits per heavy atom. The van der Waals surface area contributed by atoms with Crippen molar-refractivity contribution >= 4 is 15.9 Å². The van der Waals surface area contributed by atoms with E-state index < -0.39 is 0 Å². The first-order valence-corrected chi connectivity index (χ1v) is 6.35. The van der Waals surface area contributed by atoms with Crippen molar-refractivity contribution in [3.63, 3.8) is 0 Å². The minimum absolute atomic E-state index is 0.423. The predicted molar refractivity (Wildman–Crippen MR) is 59.5 cm³/mol. The van der Waals surface area contributed by atoms with Gasteiger partial charge >= 0.3 is 0 Å². The topological polar surface area (TPSA) is 12.5 Å². The van der Waals surface area contributed by atoms with Gasteiger partial charge < -0.3 is 9.64 Å². The molecule has 1 rings (SSSR count). The van der Waals surface area contributed by atoms with Gasteiger partial charge in [0.2, 0.25) is 0 Å². The number of nitrogens with zero attached hydrogens (tertiary/aromatic N) is 1. The summed E-state index contributed by atoms with van der Waals surface area (Å²) in [6, 6.07) is 0. The predicted octanol–water partition coefficient (Wildman–Crippen LogP) is 2.27. The summed E-state index contributed by atoms with van der Waals surface area (Å²) in [6.07, 6.45) is 4.20. The smallest absolute Gasteiger partial charge is 0.0673 e. The van der Waals surface area contributed by atoms with Crippen LogP contribution in [0.25, 0.3) is 0 Å². The van der Waals surface area contributed by atoms with E-state index in [9.17, 15) is 0 Å². The summed E-state index contributed by atoms with van der Waals surface area (Å²) in [5, 5.41) is 1.13. The lowest BCUT2D eigenvalue weighted by atomic mass is 10.3. The minimum atomic E-state index is 0.423. The number of hydrogen-bond donors (Lipinski definition) is 0. The molecule has 1 saturated heterocycles. The highest BCUT2D eigenvalue weighted by Gasteiger charge is 2.13. The summed E-state index contributed by atoms with van der Waals surface area (Å²) in [4.78, 5) is 2.53. The molecule has 78 valence electrons. The normalized spacial score (nSPS) is 25.8. The van der Waals surface area contributed by atoms with Crippen LogP contribution in [0.5, 0.6) is 0 Å². The second kappa shape index (κ2) is 6.80. The number of alkyl halides is 1. The molecule has 1 unspecified atom stereocenters. The van der Waals surface area contributed by atoms with E-state index in [1.807, 2.05) is 0 Å². The molecular weight excluding hydrogens is 230 g/mol. The minimum Gasteiger partial charge on any atom is -0.377 e. The standard InChI is InChI=1S/C10H20BrNO/c1-10-9-12(6-3-2-5-11)7-4-8-13-10/h10H,2-9H2,1H3. The Morgan fingerprint density at radius 2 is 2.31 bits per heavy atom. The third kappa shape index (κ3) is 4.99. The number of rotatable bonds is 4. The summed E-state index contributed by atoms with van der Waals surface area (Å²) in [5.74, 6) is 0. The van der Waals surface area contributed by atoms with Gasteiger partial charge in [-0.3, -0.25) is 0 Å². The molecule has 13 heavy (non-hydrogen) atoms. The maximum Gasteiger partial charge on any atom is 0.0673 e. The number of hydrogen-bond acceptors (Lipinski definition) is 2. The van der Waals surface area contributed by atoms with Crippen molar-refractivity contribution in [2.45, 2.75) is 32.3 Å². The van der Waals surface area contributed by atoms with Crippen molar-refractivity contribution in [3.05, 3.63) is 0 Å². The summed E-state index contributed by atoms with van der Waals surface area (Å²) in [6.45, 7) is 6.67. The lowest BCUT2D eigenvalue weighted by Gasteiger charge is -2.21. The quantitative estimate of drug-likeness (QED) is 0.560. The molecule has 0 bridgehead atoms. The van der Waals surface area contributed by atoms with Gasteiger partial charge in [0.25, 0.3) is 0 Å². The third-order valence-electron chi connectivity index (χ3n) is 2.39. The van der Waals surface area contributed by atoms with E-state index in [2.05, 4.69) is 27.8 Å². The number of ether oxygens (including phenoxy) is 1. The molecule has 0 aromatic heterocycles. The Morgan fingerprint density at radius 3 is 3.08 bits per heavy atom. The van der Waals surface area contributed by atoms with Crippen LogP contribution < -0.4 is 0 Å². The Kier molecular flexibility index (Phi) is 6.00. The van der Waals surface area contributed by atoms with Gasteiger partial charge in [-0.05, 0) is 32.7 Å². The Bertz CT molecular complexity index is 132. The average molecular weight is 250 g/mol. The number of unbranched alkanes of at least 4 members (excludes halogenated alkanes) is 1. The molecule has 0 spiro atoms. The van der Waals surface area contributed by atoms with Crippen LogP contribution in [0.1, 0.15) is 26.2 Å². The van der Waals surface area contributed by atoms with Gasteiger partial charge in [0, 0.05) is 25.0 Å². The fourth-order valence-corrected chi connectivity index (χ4v) is 2.11. The lowest BCUT2D eigenvalue weighted by Crippen LogP contribution is -2.31. The van der Waals surface area contributed by atoms with E-state index in [4.69, 9.17) is 4.74 Å². The Labute approximate surface area is 89.8 Å². The molecule has 0 N–H and O–H groups in total. The highest BCUT2D eigenvalue weighted by atomic mass is 79.9. The molecule has 0 saturated carbocycles. The van der Waals surface area contributed by atoms with Gasteiger partial charge in [0.1, 0.15) is 0 Å². The maximum atomic E-state index is 5.59. The Balaban J connectivity index is 2.15. The van der Waals surface area contributed by atoms with Crippen molar-refractivity contribution in [2.75, 3.05) is 31.6 Å². The first-order valence-electron chi connectivity index (χ1n) is 5.23. The molecule has 1 atom stereocenters. The van der Waals surface area contributed by atoms with Gasteiger partial charge in [-0.15, -0.1) is 0 Å². The molecule has 3 heteroatoms. The van der Waals surface area contributed by atoms with Crippen LogP contribution in [0.3, 0.4) is 0 Å². The molecule has 0 radical (unpaired) electrons. The average Bonchev–Trinajstić information content (AvgIpc) is 2.31. The molecule has 2 nitrogen and oxygen atoms in total. The molecule has 1 aliphatic rings. The molecule has 0 amide bonds. The second-order valence-corrected chi connectivity index (χ2v) is 4.52. The van der Waals surface area contributed by atoms with Crippen LogP contribution in [0.2, 0.25) is 0 Å². The van der Waals surface area contributed by atoms with Crippen LogP contribution >= 0.6 is 15.9 Å². The molecule has 0 aliphatic carbocycles. The van der Waals surface area contributed by atoms with E-state index >= 15 is 0 Å². The molecule has 0 aromatic carbocycles. The zero-order chi connectivity index (χ0) is 9.52. The van der Waals surface area contributed by atoms with Crippen LogP contribution in [0, 0.1) is 0 Å². The summed E-state index contributed by atoms with van der Waals surface area (Å²) < 4.78 is 5.59. The highest BCUT2D eigenvalue weighted by Crippen LogP contribution is 2.06. The van der Waals surface area contributed by atoms with Crippen molar-refractivity contribution < 1.29 is 4.74 Å². The Hall–Kier alpha value is 0.400. The van der Waals surface area contributed by atoms with E-state index in [1.165, 1.54) is 32.4 Å². The van der Waals surface area contributed by atoms with E-state index in [0.717, 1.165) is 18.5 Å². The molecule has 1 fully saturated rings. The van der Waals surface area contributed by atoms with Crippen molar-refractivity contribution in [2.24, 2.45) is 0 Å². The van der Waals surface area contributed by atoms with Crippen LogP contribution in [0.4, 0.5) is 0 Å². The molecule has 1 heterocycles. The third-order valence-corrected chi connectivity index (χ3v) is 2.96. The van der Waals surface area contributed by atoms with E-state index in [1.54, 1.807) is 0 Å². The SMILES string of the molecule is CC1CN(CCCCBr)CCCO1. The zero-order valence-corrected chi connectivity index (χ0v) is 10.1. The highest BCUT2D eigenvalue weighted by molar-refractivity contribution is 9.09. The summed E-state index contributed by atoms with van der Waals surface area (Å²) in [7, 11) is 0. The first-order chi connectivity index (χ1) is 6.33. The van der Waals surface area contributed by atoms with Crippen LogP contribution in [-0.4, -0.2) is 42.6 Å². The fourth-order valence-electron chi connectivity index (χ4n) is 1.71. The van der Waals surface area contributed by atoms with Gasteiger partial charge in [-0.1, -0.05) is 15.9 Å². The van der Waals surface area contributed by atoms with Crippen molar-refractivity contribution in [1.29, 1.82) is 0 Å². The fraction of sp³-hybridized carbons (Fsp3) is 1.00. The largest absolute Gasteiger partial charge is 0.377 e. The van der Waals surface area contributed by atoms with Crippen molar-refractivity contribution in [3.8, 4) is 0 Å². The van der Waals surface area contributed by atoms with Gasteiger partial charge in [0.05, 0.1) is 6.10 Å². The van der Waals surface area contributed by atoms with Gasteiger partial charge in [-0.25, -0.2) is 0 Å².